The summed E-state index contributed by atoms with van der Waals surface area (Å²) in [6.07, 6.45) is 1.35. The molecule has 0 bridgehead atoms. The summed E-state index contributed by atoms with van der Waals surface area (Å²) in [5.74, 6) is -1.23. The number of aromatic nitrogens is 2. The number of hydrogen-bond donors (Lipinski definition) is 1. The Morgan fingerprint density at radius 3 is 2.67 bits per heavy atom. The Bertz CT molecular complexity index is 184. The summed E-state index contributed by atoms with van der Waals surface area (Å²) in [4.78, 5) is 9.88. The SMILES string of the molecule is O=C([O-])c1ccn[nH]1.[Au+]. The van der Waals surface area contributed by atoms with Gasteiger partial charge in [0.1, 0.15) is 0 Å². The first kappa shape index (κ1) is 8.42. The molecule has 1 N–H and O–H groups in total. The minimum atomic E-state index is -1.23. The van der Waals surface area contributed by atoms with Gasteiger partial charge in [0.2, 0.25) is 0 Å². The zero-order valence-corrected chi connectivity index (χ0v) is 6.39. The van der Waals surface area contributed by atoms with Gasteiger partial charge in [0.05, 0.1) is 11.7 Å². The molecule has 0 radical (unpaired) electrons. The maximum absolute atomic E-state index is 9.88. The van der Waals surface area contributed by atoms with Gasteiger partial charge < -0.3 is 9.90 Å². The van der Waals surface area contributed by atoms with E-state index in [0.29, 0.717) is 0 Å². The molecular formula is C4H3AuN2O2. The molecule has 0 saturated carbocycles. The molecular weight excluding hydrogens is 305 g/mol. The van der Waals surface area contributed by atoms with Crippen LogP contribution in [-0.4, -0.2) is 16.2 Å². The average molecular weight is 308 g/mol. The number of carboxylic acids is 1. The van der Waals surface area contributed by atoms with Crippen molar-refractivity contribution in [1.29, 1.82) is 0 Å². The number of carboxylic acid groups (broad SMARTS) is 1. The number of H-pyrrole nitrogens is 1. The predicted octanol–water partition coefficient (Wildman–Crippen LogP) is -1.23. The molecule has 0 aliphatic carbocycles. The van der Waals surface area contributed by atoms with Crippen LogP contribution in [0.15, 0.2) is 12.3 Å². The molecule has 0 spiro atoms. The third-order valence-electron chi connectivity index (χ3n) is 0.721. The van der Waals surface area contributed by atoms with Crippen LogP contribution in [0.3, 0.4) is 0 Å². The summed E-state index contributed by atoms with van der Waals surface area (Å²) >= 11 is 0. The van der Waals surface area contributed by atoms with Gasteiger partial charge in [0.25, 0.3) is 0 Å². The smallest absolute Gasteiger partial charge is 0.543 e. The molecule has 1 aromatic heterocycles. The van der Waals surface area contributed by atoms with E-state index in [0.717, 1.165) is 0 Å². The average Bonchev–Trinajstić information content (AvgIpc) is 2.12. The van der Waals surface area contributed by atoms with Crippen LogP contribution in [0.1, 0.15) is 10.5 Å². The summed E-state index contributed by atoms with van der Waals surface area (Å²) in [6, 6.07) is 1.33. The zero-order valence-electron chi connectivity index (χ0n) is 4.22. The van der Waals surface area contributed by atoms with Crippen molar-refractivity contribution in [2.75, 3.05) is 0 Å². The van der Waals surface area contributed by atoms with E-state index in [1.54, 1.807) is 0 Å². The Hall–Kier alpha value is -0.580. The maximum Gasteiger partial charge on any atom is 1.00 e. The summed E-state index contributed by atoms with van der Waals surface area (Å²) in [6.45, 7) is 0. The van der Waals surface area contributed by atoms with Crippen LogP contribution >= 0.6 is 0 Å². The van der Waals surface area contributed by atoms with Gasteiger partial charge in [-0.1, -0.05) is 0 Å². The van der Waals surface area contributed by atoms with E-state index < -0.39 is 5.97 Å². The van der Waals surface area contributed by atoms with Gasteiger partial charge in [-0.05, 0) is 6.07 Å². The van der Waals surface area contributed by atoms with E-state index in [-0.39, 0.29) is 28.1 Å². The van der Waals surface area contributed by atoms with Crippen molar-refractivity contribution < 1.29 is 32.3 Å². The molecule has 4 nitrogen and oxygen atoms in total. The van der Waals surface area contributed by atoms with Crippen molar-refractivity contribution in [3.05, 3.63) is 18.0 Å². The maximum atomic E-state index is 9.88. The van der Waals surface area contributed by atoms with Crippen molar-refractivity contribution in [2.45, 2.75) is 0 Å². The Balaban J connectivity index is 0.000000640. The van der Waals surface area contributed by atoms with E-state index >= 15 is 0 Å². The fourth-order valence-electron chi connectivity index (χ4n) is 0.370. The van der Waals surface area contributed by atoms with Crippen LogP contribution in [0.2, 0.25) is 0 Å². The first-order valence-corrected chi connectivity index (χ1v) is 2.01. The van der Waals surface area contributed by atoms with Crippen LogP contribution in [0.25, 0.3) is 0 Å². The molecule has 0 aliphatic rings. The van der Waals surface area contributed by atoms with Crippen molar-refractivity contribution in [2.24, 2.45) is 0 Å². The molecule has 5 heteroatoms. The molecule has 0 unspecified atom stereocenters. The van der Waals surface area contributed by atoms with Crippen LogP contribution in [-0.2, 0) is 22.4 Å². The number of hydrogen-bond acceptors (Lipinski definition) is 3. The van der Waals surface area contributed by atoms with Gasteiger partial charge in [-0.15, -0.1) is 0 Å². The fourth-order valence-corrected chi connectivity index (χ4v) is 0.370. The largest absolute Gasteiger partial charge is 1.00 e. The fraction of sp³-hybridized carbons (Fsp3) is 0. The van der Waals surface area contributed by atoms with E-state index in [9.17, 15) is 9.90 Å². The van der Waals surface area contributed by atoms with Crippen molar-refractivity contribution in [3.63, 3.8) is 0 Å². The molecule has 0 saturated heterocycles. The van der Waals surface area contributed by atoms with Crippen molar-refractivity contribution >= 4 is 5.97 Å². The Labute approximate surface area is 66.8 Å². The van der Waals surface area contributed by atoms with Crippen molar-refractivity contribution in [3.8, 4) is 0 Å². The molecule has 52 valence electrons. The molecule has 0 aromatic carbocycles. The Morgan fingerprint density at radius 2 is 2.44 bits per heavy atom. The summed E-state index contributed by atoms with van der Waals surface area (Å²) < 4.78 is 0. The minimum absolute atomic E-state index is 0. The van der Waals surface area contributed by atoms with Crippen molar-refractivity contribution in [1.82, 2.24) is 10.2 Å². The van der Waals surface area contributed by atoms with Crippen LogP contribution in [0.4, 0.5) is 0 Å². The molecule has 1 rings (SSSR count). The summed E-state index contributed by atoms with van der Waals surface area (Å²) in [5, 5.41) is 15.5. The van der Waals surface area contributed by atoms with E-state index in [1.165, 1.54) is 12.3 Å². The molecule has 1 heterocycles. The molecule has 9 heavy (non-hydrogen) atoms. The van der Waals surface area contributed by atoms with Crippen LogP contribution in [0.5, 0.6) is 0 Å². The predicted molar refractivity (Wildman–Crippen MR) is 22.9 cm³/mol. The van der Waals surface area contributed by atoms with E-state index in [1.807, 2.05) is 0 Å². The zero-order chi connectivity index (χ0) is 5.98. The number of nitrogens with zero attached hydrogens (tertiary/aromatic N) is 1. The van der Waals surface area contributed by atoms with E-state index in [2.05, 4.69) is 10.2 Å². The number of aromatic carboxylic acids is 1. The summed E-state index contributed by atoms with van der Waals surface area (Å²) in [7, 11) is 0. The van der Waals surface area contributed by atoms with Crippen LogP contribution in [0, 0.1) is 0 Å². The van der Waals surface area contributed by atoms with Gasteiger partial charge in [-0.25, -0.2) is 0 Å². The molecule has 1 aromatic rings. The van der Waals surface area contributed by atoms with E-state index in [4.69, 9.17) is 0 Å². The number of carbonyl (C=O) groups excluding carboxylic acids is 1. The first-order chi connectivity index (χ1) is 3.80. The monoisotopic (exact) mass is 308 g/mol. The van der Waals surface area contributed by atoms with Gasteiger partial charge in [0.15, 0.2) is 0 Å². The second-order valence-electron chi connectivity index (χ2n) is 1.26. The molecule has 0 amide bonds. The third kappa shape index (κ3) is 2.01. The van der Waals surface area contributed by atoms with Gasteiger partial charge in [0, 0.05) is 6.20 Å². The minimum Gasteiger partial charge on any atom is -0.543 e. The molecule has 0 atom stereocenters. The van der Waals surface area contributed by atoms with Crippen LogP contribution < -0.4 is 5.11 Å². The molecule has 0 aliphatic heterocycles. The normalized spacial score (nSPS) is 8.00. The number of aromatic amines is 1. The summed E-state index contributed by atoms with van der Waals surface area (Å²) in [5.41, 5.74) is 0.00463. The number of carbonyl (C=O) groups is 1. The standard InChI is InChI=1S/C4H4N2O2.Au/c7-4(8)3-1-2-5-6-3;/h1-2H,(H,5,6)(H,7,8);/q;+1/p-1. The molecule has 0 fully saturated rings. The van der Waals surface area contributed by atoms with Gasteiger partial charge in [-0.3, -0.25) is 5.10 Å². The third-order valence-corrected chi connectivity index (χ3v) is 0.721. The topological polar surface area (TPSA) is 68.8 Å². The Kier molecular flexibility index (Phi) is 3.22. The number of rotatable bonds is 1. The van der Waals surface area contributed by atoms with Gasteiger partial charge in [-0.2, -0.15) is 5.10 Å². The Morgan fingerprint density at radius 1 is 1.78 bits per heavy atom. The van der Waals surface area contributed by atoms with Gasteiger partial charge >= 0.3 is 22.4 Å². The first-order valence-electron chi connectivity index (χ1n) is 2.01. The quantitative estimate of drug-likeness (QED) is 0.661. The number of nitrogens with one attached hydrogen (secondary N) is 1. The second-order valence-corrected chi connectivity index (χ2v) is 1.26. The second kappa shape index (κ2) is 3.45.